The summed E-state index contributed by atoms with van der Waals surface area (Å²) in [4.78, 5) is 36.1. The highest BCUT2D eigenvalue weighted by molar-refractivity contribution is 7.99. The number of furan rings is 1. The van der Waals surface area contributed by atoms with Crippen LogP contribution in [0.4, 0.5) is 0 Å². The minimum Gasteiger partial charge on any atom is -0.459 e. The Morgan fingerprint density at radius 2 is 1.86 bits per heavy atom. The summed E-state index contributed by atoms with van der Waals surface area (Å²) in [5.41, 5.74) is 1.99. The normalized spacial score (nSPS) is 14.6. The predicted molar refractivity (Wildman–Crippen MR) is 107 cm³/mol. The molecule has 2 aromatic heterocycles. The van der Waals surface area contributed by atoms with E-state index in [2.05, 4.69) is 9.97 Å². The van der Waals surface area contributed by atoms with Gasteiger partial charge in [0.25, 0.3) is 5.91 Å². The Balaban J connectivity index is 1.18. The molecule has 1 fully saturated rings. The number of hydrogen-bond donors (Lipinski definition) is 1. The van der Waals surface area contributed by atoms with Crippen molar-refractivity contribution in [1.29, 1.82) is 0 Å². The minimum atomic E-state index is -0.112. The van der Waals surface area contributed by atoms with E-state index in [1.54, 1.807) is 28.8 Å². The van der Waals surface area contributed by atoms with Gasteiger partial charge in [0.15, 0.2) is 10.9 Å². The van der Waals surface area contributed by atoms with Gasteiger partial charge in [0, 0.05) is 38.4 Å². The van der Waals surface area contributed by atoms with Gasteiger partial charge in [0.05, 0.1) is 17.3 Å². The van der Waals surface area contributed by atoms with Gasteiger partial charge in [-0.2, -0.15) is 0 Å². The summed E-state index contributed by atoms with van der Waals surface area (Å²) >= 11 is 1.64. The van der Waals surface area contributed by atoms with Crippen molar-refractivity contribution in [3.05, 3.63) is 48.4 Å². The number of para-hydroxylation sites is 2. The zero-order valence-electron chi connectivity index (χ0n) is 15.5. The largest absolute Gasteiger partial charge is 0.459 e. The molecule has 146 valence electrons. The number of carbonyl (C=O) groups is 2. The van der Waals surface area contributed by atoms with Crippen LogP contribution in [0.2, 0.25) is 0 Å². The number of hydrogen-bond acceptors (Lipinski definition) is 5. The maximum absolute atomic E-state index is 12.4. The summed E-state index contributed by atoms with van der Waals surface area (Å²) in [7, 11) is 0. The molecule has 1 saturated heterocycles. The van der Waals surface area contributed by atoms with Crippen LogP contribution in [0, 0.1) is 0 Å². The van der Waals surface area contributed by atoms with E-state index < -0.39 is 0 Å². The number of aromatic amines is 1. The number of benzene rings is 1. The first-order valence-electron chi connectivity index (χ1n) is 9.39. The molecular formula is C20H22N4O3S. The van der Waals surface area contributed by atoms with Crippen LogP contribution in [0.15, 0.2) is 52.2 Å². The van der Waals surface area contributed by atoms with Crippen molar-refractivity contribution in [3.63, 3.8) is 0 Å². The Morgan fingerprint density at radius 1 is 1.07 bits per heavy atom. The van der Waals surface area contributed by atoms with Crippen molar-refractivity contribution in [3.8, 4) is 0 Å². The number of imidazole rings is 1. The van der Waals surface area contributed by atoms with Crippen LogP contribution in [0.3, 0.4) is 0 Å². The van der Waals surface area contributed by atoms with Gasteiger partial charge in [-0.15, -0.1) is 0 Å². The van der Waals surface area contributed by atoms with Gasteiger partial charge in [-0.3, -0.25) is 9.59 Å². The van der Waals surface area contributed by atoms with E-state index in [1.807, 2.05) is 29.2 Å². The van der Waals surface area contributed by atoms with Gasteiger partial charge in [-0.25, -0.2) is 4.98 Å². The predicted octanol–water partition coefficient (Wildman–Crippen LogP) is 3.01. The third kappa shape index (κ3) is 4.22. The van der Waals surface area contributed by atoms with Crippen molar-refractivity contribution < 1.29 is 14.0 Å². The molecule has 1 aromatic carbocycles. The van der Waals surface area contributed by atoms with Crippen LogP contribution in [0.25, 0.3) is 11.0 Å². The van der Waals surface area contributed by atoms with Crippen LogP contribution in [-0.4, -0.2) is 63.5 Å². The van der Waals surface area contributed by atoms with Gasteiger partial charge in [-0.05, 0) is 30.7 Å². The van der Waals surface area contributed by atoms with Gasteiger partial charge >= 0.3 is 0 Å². The summed E-state index contributed by atoms with van der Waals surface area (Å²) in [6.07, 6.45) is 2.81. The Morgan fingerprint density at radius 3 is 2.61 bits per heavy atom. The van der Waals surface area contributed by atoms with Crippen LogP contribution in [-0.2, 0) is 4.79 Å². The lowest BCUT2D eigenvalue weighted by Crippen LogP contribution is -2.50. The second kappa shape index (κ2) is 8.52. The first-order chi connectivity index (χ1) is 13.7. The number of aromatic nitrogens is 2. The molecule has 0 aliphatic carbocycles. The highest BCUT2D eigenvalue weighted by atomic mass is 32.2. The lowest BCUT2D eigenvalue weighted by Gasteiger charge is -2.34. The number of rotatable bonds is 6. The average molecular weight is 398 g/mol. The summed E-state index contributed by atoms with van der Waals surface area (Å²) in [5.74, 6) is 1.22. The van der Waals surface area contributed by atoms with Crippen molar-refractivity contribution in [2.45, 2.75) is 18.0 Å². The van der Waals surface area contributed by atoms with Crippen molar-refractivity contribution in [2.75, 3.05) is 31.9 Å². The molecule has 7 nitrogen and oxygen atoms in total. The van der Waals surface area contributed by atoms with Crippen LogP contribution in [0.1, 0.15) is 23.4 Å². The molecule has 4 rings (SSSR count). The zero-order chi connectivity index (χ0) is 19.3. The smallest absolute Gasteiger partial charge is 0.289 e. The molecule has 3 aromatic rings. The second-order valence-electron chi connectivity index (χ2n) is 6.66. The van der Waals surface area contributed by atoms with Crippen LogP contribution in [0.5, 0.6) is 0 Å². The number of amides is 2. The first kappa shape index (κ1) is 18.6. The molecule has 0 atom stereocenters. The topological polar surface area (TPSA) is 82.4 Å². The van der Waals surface area contributed by atoms with E-state index in [4.69, 9.17) is 4.42 Å². The fourth-order valence-corrected chi connectivity index (χ4v) is 4.09. The molecule has 0 spiro atoms. The monoisotopic (exact) mass is 398 g/mol. The summed E-state index contributed by atoms with van der Waals surface area (Å²) < 4.78 is 5.16. The Labute approximate surface area is 167 Å². The number of carbonyl (C=O) groups excluding carboxylic acids is 2. The Hall–Kier alpha value is -2.74. The second-order valence-corrected chi connectivity index (χ2v) is 7.75. The van der Waals surface area contributed by atoms with E-state index in [-0.39, 0.29) is 11.8 Å². The fourth-order valence-electron chi connectivity index (χ4n) is 3.26. The summed E-state index contributed by atoms with van der Waals surface area (Å²) in [6, 6.07) is 11.3. The standard InChI is InChI=1S/C20H22N4O3S/c25-18(8-4-14-28-20-21-15-5-1-2-6-16(15)22-20)23-9-11-24(12-10-23)19(26)17-7-3-13-27-17/h1-3,5-7,13H,4,8-12,14H2,(H,21,22). The lowest BCUT2D eigenvalue weighted by molar-refractivity contribution is -0.132. The number of piperazine rings is 1. The fraction of sp³-hybridized carbons (Fsp3) is 0.350. The van der Waals surface area contributed by atoms with Crippen LogP contribution < -0.4 is 0 Å². The van der Waals surface area contributed by atoms with Crippen molar-refractivity contribution in [2.24, 2.45) is 0 Å². The third-order valence-corrected chi connectivity index (χ3v) is 5.75. The molecule has 2 amide bonds. The van der Waals surface area contributed by atoms with Gasteiger partial charge in [-0.1, -0.05) is 23.9 Å². The highest BCUT2D eigenvalue weighted by Gasteiger charge is 2.25. The molecule has 1 N–H and O–H groups in total. The molecular weight excluding hydrogens is 376 g/mol. The van der Waals surface area contributed by atoms with E-state index in [0.29, 0.717) is 38.4 Å². The van der Waals surface area contributed by atoms with Crippen molar-refractivity contribution >= 4 is 34.6 Å². The zero-order valence-corrected chi connectivity index (χ0v) is 16.3. The summed E-state index contributed by atoms with van der Waals surface area (Å²) in [6.45, 7) is 2.22. The third-order valence-electron chi connectivity index (χ3n) is 4.79. The van der Waals surface area contributed by atoms with E-state index in [0.717, 1.165) is 28.4 Å². The van der Waals surface area contributed by atoms with Gasteiger partial charge in [0.2, 0.25) is 5.91 Å². The Bertz CT molecular complexity index is 912. The maximum Gasteiger partial charge on any atom is 0.289 e. The highest BCUT2D eigenvalue weighted by Crippen LogP contribution is 2.20. The van der Waals surface area contributed by atoms with Gasteiger partial charge < -0.3 is 19.2 Å². The minimum absolute atomic E-state index is 0.112. The van der Waals surface area contributed by atoms with Crippen LogP contribution >= 0.6 is 11.8 Å². The lowest BCUT2D eigenvalue weighted by atomic mass is 10.2. The quantitative estimate of drug-likeness (QED) is 0.510. The summed E-state index contributed by atoms with van der Waals surface area (Å²) in [5, 5.41) is 0.888. The SMILES string of the molecule is O=C(CCCSc1nc2ccccc2[nH]1)N1CCN(C(=O)c2ccco2)CC1. The number of thioether (sulfide) groups is 1. The number of nitrogens with zero attached hydrogens (tertiary/aromatic N) is 3. The van der Waals surface area contributed by atoms with E-state index in [1.165, 1.54) is 6.26 Å². The molecule has 0 saturated carbocycles. The molecule has 28 heavy (non-hydrogen) atoms. The molecule has 0 radical (unpaired) electrons. The average Bonchev–Trinajstić information content (AvgIpc) is 3.40. The van der Waals surface area contributed by atoms with E-state index in [9.17, 15) is 9.59 Å². The first-order valence-corrected chi connectivity index (χ1v) is 10.4. The molecule has 0 unspecified atom stereocenters. The van der Waals surface area contributed by atoms with Crippen molar-refractivity contribution in [1.82, 2.24) is 19.8 Å². The number of nitrogens with one attached hydrogen (secondary N) is 1. The molecule has 8 heteroatoms. The van der Waals surface area contributed by atoms with Gasteiger partial charge in [0.1, 0.15) is 0 Å². The molecule has 3 heterocycles. The number of H-pyrrole nitrogens is 1. The van der Waals surface area contributed by atoms with E-state index >= 15 is 0 Å². The maximum atomic E-state index is 12.4. The Kier molecular flexibility index (Phi) is 5.66. The molecule has 1 aliphatic rings. The molecule has 1 aliphatic heterocycles. The molecule has 0 bridgehead atoms. The number of fused-ring (bicyclic) bond motifs is 1.